The molecule has 0 unspecified atom stereocenters. The lowest BCUT2D eigenvalue weighted by atomic mass is 10.2. The van der Waals surface area contributed by atoms with Crippen LogP contribution in [-0.2, 0) is 10.0 Å². The molecule has 4 nitrogen and oxygen atoms in total. The quantitative estimate of drug-likeness (QED) is 0.686. The molecule has 0 aliphatic rings. The highest BCUT2D eigenvalue weighted by Gasteiger charge is 2.31. The second-order valence-corrected chi connectivity index (χ2v) is 7.56. The Kier molecular flexibility index (Phi) is 4.06. The van der Waals surface area contributed by atoms with Crippen LogP contribution in [0.4, 0.5) is 5.69 Å². The van der Waals surface area contributed by atoms with Gasteiger partial charge in [0.25, 0.3) is 15.3 Å². The van der Waals surface area contributed by atoms with E-state index in [9.17, 15) is 13.2 Å². The first kappa shape index (κ1) is 14.3. The Morgan fingerprint density at radius 2 is 1.71 bits per heavy atom. The second kappa shape index (κ2) is 4.84. The van der Waals surface area contributed by atoms with E-state index >= 15 is 0 Å². The van der Waals surface area contributed by atoms with E-state index in [1.54, 1.807) is 0 Å². The number of benzene rings is 1. The fraction of sp³-hybridized carbons (Fsp3) is 0.300. The Balaban J connectivity index is 2.95. The van der Waals surface area contributed by atoms with Crippen LogP contribution in [0.25, 0.3) is 0 Å². The Morgan fingerprint density at radius 1 is 1.24 bits per heavy atom. The summed E-state index contributed by atoms with van der Waals surface area (Å²) in [6.45, 7) is 2.74. The average Bonchev–Trinajstić information content (AvgIpc) is 2.16. The molecule has 1 aromatic carbocycles. The first-order valence-corrected chi connectivity index (χ1v) is 6.88. The summed E-state index contributed by atoms with van der Waals surface area (Å²) in [5.74, 6) is 0. The minimum absolute atomic E-state index is 0.291. The summed E-state index contributed by atoms with van der Waals surface area (Å²) >= 11 is 11.0. The first-order chi connectivity index (χ1) is 7.63. The standard InChI is InChI=1S/C10H11Cl2NO3S/c1-10(2,12)17(15,16)13-8-5-3-7(4-6-8)9(11)14/h3-6,13H,1-2H3. The summed E-state index contributed by atoms with van der Waals surface area (Å²) in [5, 5.41) is -0.600. The molecule has 1 N–H and O–H groups in total. The molecule has 0 fully saturated rings. The zero-order valence-corrected chi connectivity index (χ0v) is 11.5. The molecule has 94 valence electrons. The molecule has 0 aliphatic heterocycles. The predicted octanol–water partition coefficient (Wildman–Crippen LogP) is 2.78. The molecule has 0 radical (unpaired) electrons. The molecular weight excluding hydrogens is 285 g/mol. The van der Waals surface area contributed by atoms with Crippen molar-refractivity contribution < 1.29 is 13.2 Å². The van der Waals surface area contributed by atoms with Gasteiger partial charge in [0.05, 0.1) is 0 Å². The second-order valence-electron chi connectivity index (χ2n) is 3.82. The number of hydrogen-bond acceptors (Lipinski definition) is 3. The van der Waals surface area contributed by atoms with Gasteiger partial charge in [-0.3, -0.25) is 9.52 Å². The Hall–Kier alpha value is -0.780. The maximum atomic E-state index is 11.7. The number of alkyl halides is 1. The molecule has 0 saturated heterocycles. The van der Waals surface area contributed by atoms with Crippen molar-refractivity contribution >= 4 is 44.2 Å². The molecule has 0 heterocycles. The van der Waals surface area contributed by atoms with E-state index in [1.807, 2.05) is 0 Å². The normalized spacial score (nSPS) is 12.2. The number of carbonyl (C=O) groups is 1. The van der Waals surface area contributed by atoms with E-state index < -0.39 is 19.5 Å². The van der Waals surface area contributed by atoms with Gasteiger partial charge >= 0.3 is 0 Å². The Bertz CT molecular complexity index is 517. The molecule has 1 rings (SSSR count). The number of anilines is 1. The SMILES string of the molecule is CC(C)(Cl)S(=O)(=O)Nc1ccc(C(=O)Cl)cc1. The van der Waals surface area contributed by atoms with Gasteiger partial charge < -0.3 is 0 Å². The third-order valence-corrected chi connectivity index (χ3v) is 4.61. The molecule has 0 bridgehead atoms. The number of rotatable bonds is 4. The smallest absolute Gasteiger partial charge is 0.252 e. The van der Waals surface area contributed by atoms with Gasteiger partial charge in [0.15, 0.2) is 4.21 Å². The third kappa shape index (κ3) is 3.59. The van der Waals surface area contributed by atoms with Gasteiger partial charge in [0.2, 0.25) is 0 Å². The zero-order chi connectivity index (χ0) is 13.3. The van der Waals surface area contributed by atoms with Crippen molar-refractivity contribution in [3.8, 4) is 0 Å². The van der Waals surface area contributed by atoms with Crippen LogP contribution in [0, 0.1) is 0 Å². The van der Waals surface area contributed by atoms with Crippen LogP contribution in [0.3, 0.4) is 0 Å². The highest BCUT2D eigenvalue weighted by Crippen LogP contribution is 2.24. The van der Waals surface area contributed by atoms with Gasteiger partial charge in [-0.25, -0.2) is 8.42 Å². The van der Waals surface area contributed by atoms with Crippen molar-refractivity contribution in [2.75, 3.05) is 4.72 Å². The lowest BCUT2D eigenvalue weighted by Gasteiger charge is -2.18. The van der Waals surface area contributed by atoms with Crippen molar-refractivity contribution in [3.05, 3.63) is 29.8 Å². The van der Waals surface area contributed by atoms with Gasteiger partial charge in [-0.15, -0.1) is 11.6 Å². The van der Waals surface area contributed by atoms with Crippen LogP contribution in [-0.4, -0.2) is 17.9 Å². The minimum atomic E-state index is -3.69. The number of halogens is 2. The van der Waals surface area contributed by atoms with Crippen LogP contribution in [0.1, 0.15) is 24.2 Å². The predicted molar refractivity (Wildman–Crippen MR) is 69.1 cm³/mol. The van der Waals surface area contributed by atoms with Crippen molar-refractivity contribution in [1.82, 2.24) is 0 Å². The van der Waals surface area contributed by atoms with Crippen LogP contribution in [0.15, 0.2) is 24.3 Å². The number of sulfonamides is 1. The summed E-state index contributed by atoms with van der Waals surface area (Å²) in [6.07, 6.45) is 0. The molecular formula is C10H11Cl2NO3S. The number of carbonyl (C=O) groups excluding carboxylic acids is 1. The Labute approximate surface area is 110 Å². The largest absolute Gasteiger partial charge is 0.282 e. The summed E-state index contributed by atoms with van der Waals surface area (Å²) in [5.41, 5.74) is 0.611. The van der Waals surface area contributed by atoms with Gasteiger partial charge in [0, 0.05) is 11.3 Å². The average molecular weight is 296 g/mol. The highest BCUT2D eigenvalue weighted by atomic mass is 35.5. The summed E-state index contributed by atoms with van der Waals surface area (Å²) in [4.78, 5) is 10.8. The van der Waals surface area contributed by atoms with Crippen LogP contribution in [0.5, 0.6) is 0 Å². The molecule has 7 heteroatoms. The monoisotopic (exact) mass is 295 g/mol. The maximum Gasteiger partial charge on any atom is 0.252 e. The van der Waals surface area contributed by atoms with E-state index in [2.05, 4.69) is 4.72 Å². The van der Waals surface area contributed by atoms with Gasteiger partial charge in [-0.2, -0.15) is 0 Å². The lowest BCUT2D eigenvalue weighted by molar-refractivity contribution is 0.108. The first-order valence-electron chi connectivity index (χ1n) is 4.65. The fourth-order valence-corrected chi connectivity index (χ4v) is 1.88. The summed E-state index contributed by atoms with van der Waals surface area (Å²) < 4.78 is 24.3. The van der Waals surface area contributed by atoms with Gasteiger partial charge in [-0.05, 0) is 49.7 Å². The van der Waals surface area contributed by atoms with Crippen molar-refractivity contribution in [2.45, 2.75) is 18.1 Å². The summed E-state index contributed by atoms with van der Waals surface area (Å²) in [7, 11) is -3.69. The van der Waals surface area contributed by atoms with Crippen LogP contribution in [0.2, 0.25) is 0 Å². The number of nitrogens with one attached hydrogen (secondary N) is 1. The zero-order valence-electron chi connectivity index (χ0n) is 9.20. The number of hydrogen-bond donors (Lipinski definition) is 1. The third-order valence-electron chi connectivity index (χ3n) is 2.00. The van der Waals surface area contributed by atoms with Crippen molar-refractivity contribution in [2.24, 2.45) is 0 Å². The molecule has 0 aromatic heterocycles. The Morgan fingerprint density at radius 3 is 2.06 bits per heavy atom. The maximum absolute atomic E-state index is 11.7. The topological polar surface area (TPSA) is 63.2 Å². The van der Waals surface area contributed by atoms with Crippen molar-refractivity contribution in [1.29, 1.82) is 0 Å². The van der Waals surface area contributed by atoms with Gasteiger partial charge in [0.1, 0.15) is 0 Å². The molecule has 0 saturated carbocycles. The molecule has 0 atom stereocenters. The summed E-state index contributed by atoms with van der Waals surface area (Å²) in [6, 6.07) is 5.73. The molecule has 0 aliphatic carbocycles. The highest BCUT2D eigenvalue weighted by molar-refractivity contribution is 7.95. The minimum Gasteiger partial charge on any atom is -0.282 e. The van der Waals surface area contributed by atoms with E-state index in [-0.39, 0.29) is 0 Å². The molecule has 1 aromatic rings. The van der Waals surface area contributed by atoms with Crippen molar-refractivity contribution in [3.63, 3.8) is 0 Å². The lowest BCUT2D eigenvalue weighted by Crippen LogP contribution is -2.31. The van der Waals surface area contributed by atoms with E-state index in [0.717, 1.165) is 0 Å². The van der Waals surface area contributed by atoms with Gasteiger partial charge in [-0.1, -0.05) is 0 Å². The van der Waals surface area contributed by atoms with E-state index in [1.165, 1.54) is 38.1 Å². The van der Waals surface area contributed by atoms with Crippen LogP contribution < -0.4 is 4.72 Å². The molecule has 17 heavy (non-hydrogen) atoms. The molecule has 0 spiro atoms. The van der Waals surface area contributed by atoms with E-state index in [0.29, 0.717) is 11.3 Å². The fourth-order valence-electron chi connectivity index (χ4n) is 0.946. The molecule has 0 amide bonds. The van der Waals surface area contributed by atoms with E-state index in [4.69, 9.17) is 23.2 Å². The van der Waals surface area contributed by atoms with Crippen LogP contribution >= 0.6 is 23.2 Å².